The van der Waals surface area contributed by atoms with Gasteiger partial charge in [-0.05, 0) is 50.6 Å². The van der Waals surface area contributed by atoms with Gasteiger partial charge in [-0.15, -0.1) is 0 Å². The van der Waals surface area contributed by atoms with Gasteiger partial charge in [-0.3, -0.25) is 9.36 Å². The number of nitriles is 1. The van der Waals surface area contributed by atoms with Crippen molar-refractivity contribution >= 4 is 17.6 Å². The molecule has 0 aliphatic heterocycles. The number of hydrogen-bond donors (Lipinski definition) is 1. The lowest BCUT2D eigenvalue weighted by Crippen LogP contribution is -2.30. The third-order valence-electron chi connectivity index (χ3n) is 4.16. The smallest absolute Gasteiger partial charge is 0.343 e. The number of aryl methyl sites for hydroxylation is 2. The van der Waals surface area contributed by atoms with Gasteiger partial charge < -0.3 is 14.5 Å². The number of benzene rings is 1. The van der Waals surface area contributed by atoms with E-state index in [1.807, 2.05) is 31.2 Å². The molecule has 3 aromatic rings. The van der Waals surface area contributed by atoms with Gasteiger partial charge in [0.2, 0.25) is 5.88 Å². The summed E-state index contributed by atoms with van der Waals surface area (Å²) < 4.78 is 12.5. The molecule has 1 N–H and O–H groups in total. The number of furan rings is 1. The Kier molecular flexibility index (Phi) is 5.32. The molecule has 3 rings (SSSR count). The van der Waals surface area contributed by atoms with Crippen LogP contribution in [0.1, 0.15) is 34.2 Å². The summed E-state index contributed by atoms with van der Waals surface area (Å²) >= 11 is 0. The number of ether oxygens (including phenoxy) is 1. The van der Waals surface area contributed by atoms with Crippen LogP contribution in [-0.4, -0.2) is 22.5 Å². The highest BCUT2D eigenvalue weighted by atomic mass is 16.5. The van der Waals surface area contributed by atoms with E-state index in [0.29, 0.717) is 5.69 Å². The standard InChI is InChI=1S/C21H19N3O4/c1-13-7-6-8-16(11-13)23-19(25)15(3)28-21(26)18-14(2)27-20(17(18)12-22)24-9-4-5-10-24/h4-11,15H,1-3H3,(H,23,25)/t15-/m1/s1. The molecule has 2 aromatic heterocycles. The van der Waals surface area contributed by atoms with E-state index in [4.69, 9.17) is 9.15 Å². The Morgan fingerprint density at radius 2 is 1.93 bits per heavy atom. The number of amides is 1. The first kappa shape index (κ1) is 19.0. The monoisotopic (exact) mass is 377 g/mol. The third-order valence-corrected chi connectivity index (χ3v) is 4.16. The fourth-order valence-corrected chi connectivity index (χ4v) is 2.77. The van der Waals surface area contributed by atoms with E-state index >= 15 is 0 Å². The molecular formula is C21H19N3O4. The molecule has 0 radical (unpaired) electrons. The Hall–Kier alpha value is -3.79. The van der Waals surface area contributed by atoms with Crippen LogP contribution < -0.4 is 5.32 Å². The molecular weight excluding hydrogens is 358 g/mol. The Labute approximate surface area is 162 Å². The SMILES string of the molecule is Cc1cccc(NC(=O)[C@@H](C)OC(=O)c2c(C)oc(-n3cccc3)c2C#N)c1. The highest BCUT2D eigenvalue weighted by Gasteiger charge is 2.28. The molecule has 0 fully saturated rings. The van der Waals surface area contributed by atoms with Gasteiger partial charge in [-0.1, -0.05) is 12.1 Å². The van der Waals surface area contributed by atoms with Crippen LogP contribution in [0.25, 0.3) is 5.88 Å². The van der Waals surface area contributed by atoms with Crippen LogP contribution in [0.2, 0.25) is 0 Å². The fraction of sp³-hybridized carbons (Fsp3) is 0.190. The molecule has 7 heteroatoms. The Morgan fingerprint density at radius 3 is 2.57 bits per heavy atom. The minimum atomic E-state index is -1.05. The lowest BCUT2D eigenvalue weighted by molar-refractivity contribution is -0.123. The van der Waals surface area contributed by atoms with Crippen molar-refractivity contribution < 1.29 is 18.7 Å². The molecule has 0 aliphatic rings. The predicted octanol–water partition coefficient (Wildman–Crippen LogP) is 3.74. The van der Waals surface area contributed by atoms with Gasteiger partial charge in [0.1, 0.15) is 23.0 Å². The lowest BCUT2D eigenvalue weighted by Gasteiger charge is -2.13. The largest absolute Gasteiger partial charge is 0.449 e. The quantitative estimate of drug-likeness (QED) is 0.683. The minimum Gasteiger partial charge on any atom is -0.449 e. The maximum atomic E-state index is 12.6. The number of nitrogens with one attached hydrogen (secondary N) is 1. The fourth-order valence-electron chi connectivity index (χ4n) is 2.77. The highest BCUT2D eigenvalue weighted by molar-refractivity contribution is 5.99. The molecule has 1 atom stereocenters. The maximum absolute atomic E-state index is 12.6. The molecule has 0 unspecified atom stereocenters. The summed E-state index contributed by atoms with van der Waals surface area (Å²) in [5, 5.41) is 12.2. The van der Waals surface area contributed by atoms with Crippen molar-refractivity contribution in [1.29, 1.82) is 5.26 Å². The number of rotatable bonds is 5. The van der Waals surface area contributed by atoms with Crippen molar-refractivity contribution in [2.75, 3.05) is 5.32 Å². The number of aromatic nitrogens is 1. The zero-order valence-electron chi connectivity index (χ0n) is 15.7. The van der Waals surface area contributed by atoms with Gasteiger partial charge in [-0.2, -0.15) is 5.26 Å². The third kappa shape index (κ3) is 3.81. The molecule has 0 aliphatic carbocycles. The summed E-state index contributed by atoms with van der Waals surface area (Å²) in [5.74, 6) is -0.780. The molecule has 142 valence electrons. The molecule has 1 amide bonds. The molecule has 0 saturated heterocycles. The first-order chi connectivity index (χ1) is 13.4. The summed E-state index contributed by atoms with van der Waals surface area (Å²) in [5.41, 5.74) is 1.68. The summed E-state index contributed by atoms with van der Waals surface area (Å²) in [6.07, 6.45) is 2.35. The highest BCUT2D eigenvalue weighted by Crippen LogP contribution is 2.26. The van der Waals surface area contributed by atoms with Crippen molar-refractivity contribution in [3.63, 3.8) is 0 Å². The normalized spacial score (nSPS) is 11.5. The van der Waals surface area contributed by atoms with Gasteiger partial charge in [0, 0.05) is 18.1 Å². The van der Waals surface area contributed by atoms with E-state index < -0.39 is 18.0 Å². The number of carbonyl (C=O) groups is 2. The van der Waals surface area contributed by atoms with Crippen molar-refractivity contribution in [3.8, 4) is 12.0 Å². The van der Waals surface area contributed by atoms with E-state index in [9.17, 15) is 14.9 Å². The van der Waals surface area contributed by atoms with E-state index in [1.54, 1.807) is 42.1 Å². The summed E-state index contributed by atoms with van der Waals surface area (Å²) in [6, 6.07) is 12.8. The van der Waals surface area contributed by atoms with Crippen molar-refractivity contribution in [1.82, 2.24) is 4.57 Å². The van der Waals surface area contributed by atoms with Gasteiger partial charge in [0.05, 0.1) is 0 Å². The number of nitrogens with zero attached hydrogens (tertiary/aromatic N) is 2. The van der Waals surface area contributed by atoms with Gasteiger partial charge >= 0.3 is 5.97 Å². The molecule has 0 bridgehead atoms. The van der Waals surface area contributed by atoms with Gasteiger partial charge in [-0.25, -0.2) is 4.79 Å². The average molecular weight is 377 g/mol. The van der Waals surface area contributed by atoms with E-state index in [2.05, 4.69) is 5.32 Å². The minimum absolute atomic E-state index is 0.0152. The molecule has 0 saturated carbocycles. The second-order valence-electron chi connectivity index (χ2n) is 6.32. The van der Waals surface area contributed by atoms with Crippen molar-refractivity contribution in [2.24, 2.45) is 0 Å². The zero-order chi connectivity index (χ0) is 20.3. The van der Waals surface area contributed by atoms with Crippen molar-refractivity contribution in [2.45, 2.75) is 26.9 Å². The molecule has 2 heterocycles. The number of carbonyl (C=O) groups excluding carboxylic acids is 2. The first-order valence-electron chi connectivity index (χ1n) is 8.66. The van der Waals surface area contributed by atoms with Crippen LogP contribution in [0.3, 0.4) is 0 Å². The Bertz CT molecular complexity index is 1060. The maximum Gasteiger partial charge on any atom is 0.343 e. The summed E-state index contributed by atoms with van der Waals surface area (Å²) in [4.78, 5) is 25.0. The second-order valence-corrected chi connectivity index (χ2v) is 6.32. The van der Waals surface area contributed by atoms with E-state index in [0.717, 1.165) is 5.56 Å². The van der Waals surface area contributed by atoms with Crippen LogP contribution in [-0.2, 0) is 9.53 Å². The second kappa shape index (κ2) is 7.84. The zero-order valence-corrected chi connectivity index (χ0v) is 15.7. The van der Waals surface area contributed by atoms with Gasteiger partial charge in [0.15, 0.2) is 6.10 Å². The lowest BCUT2D eigenvalue weighted by atomic mass is 10.1. The Balaban J connectivity index is 1.77. The van der Waals surface area contributed by atoms with Gasteiger partial charge in [0.25, 0.3) is 5.91 Å². The molecule has 28 heavy (non-hydrogen) atoms. The number of esters is 1. The summed E-state index contributed by atoms with van der Waals surface area (Å²) in [6.45, 7) is 4.95. The van der Waals surface area contributed by atoms with Crippen LogP contribution in [0.5, 0.6) is 0 Å². The van der Waals surface area contributed by atoms with Crippen LogP contribution in [0.15, 0.2) is 53.2 Å². The Morgan fingerprint density at radius 1 is 1.21 bits per heavy atom. The average Bonchev–Trinajstić information content (AvgIpc) is 3.28. The molecule has 1 aromatic carbocycles. The van der Waals surface area contributed by atoms with Crippen molar-refractivity contribution in [3.05, 3.63) is 71.2 Å². The first-order valence-corrected chi connectivity index (χ1v) is 8.66. The van der Waals surface area contributed by atoms with Crippen LogP contribution in [0, 0.1) is 25.2 Å². The van der Waals surface area contributed by atoms with E-state index in [1.165, 1.54) is 6.92 Å². The predicted molar refractivity (Wildman–Crippen MR) is 102 cm³/mol. The summed E-state index contributed by atoms with van der Waals surface area (Å²) in [7, 11) is 0. The topological polar surface area (TPSA) is 97.3 Å². The van der Waals surface area contributed by atoms with Crippen LogP contribution in [0.4, 0.5) is 5.69 Å². The number of hydrogen-bond acceptors (Lipinski definition) is 5. The van der Waals surface area contributed by atoms with Crippen LogP contribution >= 0.6 is 0 Å². The molecule has 0 spiro atoms. The van der Waals surface area contributed by atoms with E-state index in [-0.39, 0.29) is 22.8 Å². The number of anilines is 1. The molecule has 7 nitrogen and oxygen atoms in total.